The molecule has 4 heteroatoms. The summed E-state index contributed by atoms with van der Waals surface area (Å²) in [6.07, 6.45) is 6.80. The molecule has 6 aromatic carbocycles. The molecule has 0 atom stereocenters. The second-order valence-corrected chi connectivity index (χ2v) is 17.1. The number of thiophene rings is 1. The number of hydrogen-bond acceptors (Lipinski definition) is 4. The lowest BCUT2D eigenvalue weighted by Gasteiger charge is -2.61. The summed E-state index contributed by atoms with van der Waals surface area (Å²) in [5.41, 5.74) is 11.6. The molecule has 0 aliphatic heterocycles. The van der Waals surface area contributed by atoms with Crippen LogP contribution >= 0.6 is 11.3 Å². The van der Waals surface area contributed by atoms with Gasteiger partial charge in [0.1, 0.15) is 0 Å². The second kappa shape index (κ2) is 11.3. The van der Waals surface area contributed by atoms with Crippen LogP contribution < -0.4 is 0 Å². The monoisotopic (exact) mass is 699 g/mol. The highest BCUT2D eigenvalue weighted by Crippen LogP contribution is 2.70. The Kier molecular flexibility index (Phi) is 6.39. The van der Waals surface area contributed by atoms with E-state index < -0.39 is 0 Å². The van der Waals surface area contributed by atoms with E-state index in [0.717, 1.165) is 34.4 Å². The lowest BCUT2D eigenvalue weighted by atomic mass is 9.43. The van der Waals surface area contributed by atoms with Crippen LogP contribution in [0.4, 0.5) is 0 Å². The van der Waals surface area contributed by atoms with Gasteiger partial charge in [0, 0.05) is 42.3 Å². The van der Waals surface area contributed by atoms with Gasteiger partial charge in [-0.3, -0.25) is 0 Å². The van der Waals surface area contributed by atoms with E-state index in [1.807, 2.05) is 23.5 Å². The average molecular weight is 700 g/mol. The fourth-order valence-electron chi connectivity index (χ4n) is 11.5. The van der Waals surface area contributed by atoms with E-state index in [1.165, 1.54) is 80.1 Å². The summed E-state index contributed by atoms with van der Waals surface area (Å²) in [7, 11) is 0. The minimum atomic E-state index is 0.00622. The van der Waals surface area contributed by atoms with Crippen LogP contribution in [-0.4, -0.2) is 15.0 Å². The van der Waals surface area contributed by atoms with Crippen molar-refractivity contribution in [2.75, 3.05) is 0 Å². The first-order chi connectivity index (χ1) is 26.2. The SMILES string of the molecule is c1ccc(-c2nc(-c3ccccc3)nc(-c3cccc4c3-c3ccc(-c5cccc6sc7ccccc7c56)cc3C43C4CC5CC(C4)CC3C5)n2)cc1. The number of nitrogens with zero attached hydrogens (tertiary/aromatic N) is 3. The average Bonchev–Trinajstić information content (AvgIpc) is 3.74. The molecule has 2 heterocycles. The second-order valence-electron chi connectivity index (χ2n) is 16.0. The van der Waals surface area contributed by atoms with Crippen molar-refractivity contribution >= 4 is 31.5 Å². The van der Waals surface area contributed by atoms with Gasteiger partial charge in [0.05, 0.1) is 0 Å². The molecule has 0 N–H and O–H groups in total. The third kappa shape index (κ3) is 4.30. The standard InChI is InChI=1S/C49H37N3S/c1-3-11-31(12-4-1)46-50-47(32-13-5-2-6-14-32)52-48(51-46)39-17-9-18-40-44(39)37-22-21-33(36-16-10-20-43-45(36)38-15-7-8-19-42(38)53-43)28-41(37)49(40)34-24-29-23-30(26-34)27-35(49)25-29/h1-22,28-30,34-35H,23-27H2. The number of rotatable bonds is 4. The first-order valence-electron chi connectivity index (χ1n) is 19.3. The van der Waals surface area contributed by atoms with Gasteiger partial charge in [0.2, 0.25) is 0 Å². The van der Waals surface area contributed by atoms with E-state index >= 15 is 0 Å². The third-order valence-corrected chi connectivity index (χ3v) is 14.5. The normalized spacial score (nSPS) is 23.5. The van der Waals surface area contributed by atoms with Crippen molar-refractivity contribution in [1.82, 2.24) is 15.0 Å². The van der Waals surface area contributed by atoms with Crippen LogP contribution in [0, 0.1) is 23.7 Å². The molecular formula is C49H37N3S. The zero-order chi connectivity index (χ0) is 34.7. The van der Waals surface area contributed by atoms with E-state index in [1.54, 1.807) is 5.56 Å². The number of aromatic nitrogens is 3. The molecule has 5 aliphatic carbocycles. The summed E-state index contributed by atoms with van der Waals surface area (Å²) in [5, 5.41) is 2.74. The van der Waals surface area contributed by atoms with Crippen molar-refractivity contribution in [2.24, 2.45) is 23.7 Å². The number of benzene rings is 6. The summed E-state index contributed by atoms with van der Waals surface area (Å²) >= 11 is 1.91. The Labute approximate surface area is 313 Å². The number of hydrogen-bond donors (Lipinski definition) is 0. The highest BCUT2D eigenvalue weighted by molar-refractivity contribution is 7.25. The highest BCUT2D eigenvalue weighted by Gasteiger charge is 2.62. The highest BCUT2D eigenvalue weighted by atomic mass is 32.1. The first kappa shape index (κ1) is 30.1. The van der Waals surface area contributed by atoms with Crippen LogP contribution in [0.5, 0.6) is 0 Å². The molecule has 8 aromatic rings. The quantitative estimate of drug-likeness (QED) is 0.184. The van der Waals surface area contributed by atoms with Gasteiger partial charge < -0.3 is 0 Å². The maximum atomic E-state index is 5.28. The smallest absolute Gasteiger partial charge is 0.164 e. The molecule has 3 nitrogen and oxygen atoms in total. The van der Waals surface area contributed by atoms with Gasteiger partial charge >= 0.3 is 0 Å². The molecule has 4 fully saturated rings. The molecule has 5 aliphatic rings. The molecule has 254 valence electrons. The van der Waals surface area contributed by atoms with Gasteiger partial charge in [0.15, 0.2) is 17.5 Å². The van der Waals surface area contributed by atoms with Crippen molar-refractivity contribution in [3.63, 3.8) is 0 Å². The molecule has 2 aromatic heterocycles. The van der Waals surface area contributed by atoms with Crippen LogP contribution in [-0.2, 0) is 5.41 Å². The van der Waals surface area contributed by atoms with Crippen molar-refractivity contribution in [3.05, 3.63) is 151 Å². The topological polar surface area (TPSA) is 38.7 Å². The van der Waals surface area contributed by atoms with Crippen molar-refractivity contribution < 1.29 is 0 Å². The fourth-order valence-corrected chi connectivity index (χ4v) is 12.7. The van der Waals surface area contributed by atoms with E-state index in [2.05, 4.69) is 127 Å². The summed E-state index contributed by atoms with van der Waals surface area (Å²) in [5.74, 6) is 5.22. The van der Waals surface area contributed by atoms with Crippen LogP contribution in [0.15, 0.2) is 140 Å². The lowest BCUT2D eigenvalue weighted by Crippen LogP contribution is -2.55. The third-order valence-electron chi connectivity index (χ3n) is 13.3. The molecule has 0 amide bonds. The Balaban J connectivity index is 1.12. The Bertz CT molecular complexity index is 2660. The summed E-state index contributed by atoms with van der Waals surface area (Å²) in [6.45, 7) is 0. The van der Waals surface area contributed by atoms with Crippen LogP contribution in [0.3, 0.4) is 0 Å². The van der Waals surface area contributed by atoms with Crippen LogP contribution in [0.2, 0.25) is 0 Å². The van der Waals surface area contributed by atoms with Crippen LogP contribution in [0.25, 0.3) is 76.6 Å². The fraction of sp³-hybridized carbons (Fsp3) is 0.204. The molecule has 53 heavy (non-hydrogen) atoms. The Morgan fingerprint density at radius 2 is 1.06 bits per heavy atom. The lowest BCUT2D eigenvalue weighted by molar-refractivity contribution is -0.0399. The molecule has 13 rings (SSSR count). The summed E-state index contributed by atoms with van der Waals surface area (Å²) in [4.78, 5) is 15.6. The van der Waals surface area contributed by atoms with E-state index in [4.69, 9.17) is 15.0 Å². The zero-order valence-corrected chi connectivity index (χ0v) is 30.2. The van der Waals surface area contributed by atoms with Crippen molar-refractivity contribution in [3.8, 4) is 56.4 Å². The minimum absolute atomic E-state index is 0.00622. The van der Waals surface area contributed by atoms with Gasteiger partial charge in [-0.1, -0.05) is 121 Å². The van der Waals surface area contributed by atoms with E-state index in [9.17, 15) is 0 Å². The minimum Gasteiger partial charge on any atom is -0.208 e. The van der Waals surface area contributed by atoms with Crippen LogP contribution in [0.1, 0.15) is 43.2 Å². The molecule has 4 saturated carbocycles. The van der Waals surface area contributed by atoms with Gasteiger partial charge in [0.25, 0.3) is 0 Å². The van der Waals surface area contributed by atoms with Gasteiger partial charge in [-0.15, -0.1) is 11.3 Å². The zero-order valence-electron chi connectivity index (χ0n) is 29.4. The van der Waals surface area contributed by atoms with Crippen molar-refractivity contribution in [2.45, 2.75) is 37.5 Å². The Morgan fingerprint density at radius 1 is 0.453 bits per heavy atom. The molecule has 0 radical (unpaired) electrons. The van der Waals surface area contributed by atoms with Gasteiger partial charge in [-0.25, -0.2) is 15.0 Å². The van der Waals surface area contributed by atoms with Gasteiger partial charge in [-0.2, -0.15) is 0 Å². The predicted octanol–water partition coefficient (Wildman–Crippen LogP) is 12.6. The predicted molar refractivity (Wildman–Crippen MR) is 218 cm³/mol. The van der Waals surface area contributed by atoms with Crippen molar-refractivity contribution in [1.29, 1.82) is 0 Å². The Hall–Kier alpha value is -5.45. The molecule has 4 bridgehead atoms. The first-order valence-corrected chi connectivity index (χ1v) is 20.1. The summed E-state index contributed by atoms with van der Waals surface area (Å²) < 4.78 is 2.71. The van der Waals surface area contributed by atoms with E-state index in [0.29, 0.717) is 23.5 Å². The largest absolute Gasteiger partial charge is 0.208 e. The maximum absolute atomic E-state index is 5.28. The molecular weight excluding hydrogens is 663 g/mol. The Morgan fingerprint density at radius 3 is 1.77 bits per heavy atom. The molecule has 1 spiro atoms. The molecule has 0 unspecified atom stereocenters. The molecule has 0 saturated heterocycles. The number of fused-ring (bicyclic) bond motifs is 6. The van der Waals surface area contributed by atoms with Gasteiger partial charge in [-0.05, 0) is 107 Å². The summed E-state index contributed by atoms with van der Waals surface area (Å²) in [6, 6.07) is 51.0. The maximum Gasteiger partial charge on any atom is 0.164 e. The van der Waals surface area contributed by atoms with E-state index in [-0.39, 0.29) is 5.41 Å².